The Bertz CT molecular complexity index is 635. The van der Waals surface area contributed by atoms with Crippen LogP contribution in [0.25, 0.3) is 0 Å². The van der Waals surface area contributed by atoms with Crippen LogP contribution in [0.1, 0.15) is 21.7 Å². The number of amides is 1. The number of hydrogen-bond donors (Lipinski definition) is 1. The highest BCUT2D eigenvalue weighted by Gasteiger charge is 2.19. The van der Waals surface area contributed by atoms with Gasteiger partial charge in [-0.15, -0.1) is 0 Å². The van der Waals surface area contributed by atoms with Crippen LogP contribution in [0.5, 0.6) is 5.75 Å². The van der Waals surface area contributed by atoms with E-state index >= 15 is 0 Å². The number of benzene rings is 1. The molecule has 2 heterocycles. The third-order valence-corrected chi connectivity index (χ3v) is 4.03. The summed E-state index contributed by atoms with van der Waals surface area (Å²) in [5, 5.41) is 2.80. The van der Waals surface area contributed by atoms with Gasteiger partial charge in [0.05, 0.1) is 16.8 Å². The highest BCUT2D eigenvalue weighted by molar-refractivity contribution is 9.09. The van der Waals surface area contributed by atoms with Crippen molar-refractivity contribution in [3.05, 3.63) is 47.4 Å². The van der Waals surface area contributed by atoms with Crippen molar-refractivity contribution in [2.45, 2.75) is 11.8 Å². The monoisotopic (exact) mass is 321 g/mol. The largest absolute Gasteiger partial charge is 0.482 e. The van der Waals surface area contributed by atoms with Crippen molar-refractivity contribution in [2.75, 3.05) is 11.9 Å². The van der Waals surface area contributed by atoms with Crippen LogP contribution in [0.3, 0.4) is 0 Å². The first-order valence-corrected chi connectivity index (χ1v) is 6.81. The minimum Gasteiger partial charge on any atom is -0.482 e. The fourth-order valence-corrected chi connectivity index (χ4v) is 2.57. The third kappa shape index (κ3) is 2.38. The Morgan fingerprint density at radius 1 is 1.32 bits per heavy atom. The van der Waals surface area contributed by atoms with Gasteiger partial charge in [0.2, 0.25) is 0 Å². The van der Waals surface area contributed by atoms with Crippen molar-refractivity contribution in [3.8, 4) is 5.75 Å². The van der Waals surface area contributed by atoms with E-state index in [4.69, 9.17) is 9.15 Å². The Balaban J connectivity index is 1.93. The van der Waals surface area contributed by atoms with Crippen LogP contribution < -0.4 is 10.1 Å². The SMILES string of the molecule is Cc1cc(C(Br)c2ccc3c(c2)NC(=O)CO3)co1. The molecule has 1 aliphatic heterocycles. The Kier molecular flexibility index (Phi) is 3.06. The molecule has 0 spiro atoms. The summed E-state index contributed by atoms with van der Waals surface area (Å²) in [5.41, 5.74) is 2.78. The number of carbonyl (C=O) groups excluding carboxylic acids is 1. The van der Waals surface area contributed by atoms with Crippen molar-refractivity contribution in [1.82, 2.24) is 0 Å². The van der Waals surface area contributed by atoms with Gasteiger partial charge in [-0.2, -0.15) is 0 Å². The molecule has 2 aromatic rings. The van der Waals surface area contributed by atoms with E-state index in [0.717, 1.165) is 16.9 Å². The molecule has 1 aromatic carbocycles. The predicted octanol–water partition coefficient (Wildman–Crippen LogP) is 3.40. The summed E-state index contributed by atoms with van der Waals surface area (Å²) in [6.45, 7) is 1.98. The summed E-state index contributed by atoms with van der Waals surface area (Å²) in [5.74, 6) is 1.44. The molecule has 1 aliphatic rings. The predicted molar refractivity (Wildman–Crippen MR) is 74.8 cm³/mol. The number of rotatable bonds is 2. The van der Waals surface area contributed by atoms with Crippen LogP contribution >= 0.6 is 15.9 Å². The molecule has 0 bridgehead atoms. The molecule has 4 nitrogen and oxygen atoms in total. The number of ether oxygens (including phenoxy) is 1. The van der Waals surface area contributed by atoms with Crippen LogP contribution in [-0.4, -0.2) is 12.5 Å². The maximum Gasteiger partial charge on any atom is 0.262 e. The second-order valence-electron chi connectivity index (χ2n) is 4.45. The molecular weight excluding hydrogens is 310 g/mol. The molecule has 3 rings (SSSR count). The molecule has 5 heteroatoms. The average molecular weight is 322 g/mol. The lowest BCUT2D eigenvalue weighted by Gasteiger charge is -2.19. The molecule has 0 fully saturated rings. The third-order valence-electron chi connectivity index (χ3n) is 2.97. The van der Waals surface area contributed by atoms with Crippen molar-refractivity contribution in [2.24, 2.45) is 0 Å². The minimum atomic E-state index is -0.130. The molecule has 1 N–H and O–H groups in total. The number of anilines is 1. The molecule has 98 valence electrons. The van der Waals surface area contributed by atoms with E-state index in [-0.39, 0.29) is 17.3 Å². The number of fused-ring (bicyclic) bond motifs is 1. The van der Waals surface area contributed by atoms with Gasteiger partial charge in [0, 0.05) is 5.56 Å². The number of furan rings is 1. The van der Waals surface area contributed by atoms with Crippen molar-refractivity contribution in [1.29, 1.82) is 0 Å². The number of hydrogen-bond acceptors (Lipinski definition) is 3. The molecule has 0 radical (unpaired) electrons. The number of carbonyl (C=O) groups is 1. The maximum atomic E-state index is 11.3. The highest BCUT2D eigenvalue weighted by Crippen LogP contribution is 2.37. The molecule has 0 aliphatic carbocycles. The van der Waals surface area contributed by atoms with E-state index in [9.17, 15) is 4.79 Å². The summed E-state index contributed by atoms with van der Waals surface area (Å²) in [6.07, 6.45) is 1.73. The summed E-state index contributed by atoms with van der Waals surface area (Å²) in [4.78, 5) is 11.3. The first kappa shape index (κ1) is 12.3. The average Bonchev–Trinajstić information content (AvgIpc) is 2.83. The van der Waals surface area contributed by atoms with Crippen LogP contribution in [0, 0.1) is 6.92 Å². The number of alkyl halides is 1. The van der Waals surface area contributed by atoms with E-state index in [0.29, 0.717) is 11.4 Å². The van der Waals surface area contributed by atoms with Gasteiger partial charge < -0.3 is 14.5 Å². The van der Waals surface area contributed by atoms with Crippen molar-refractivity contribution < 1.29 is 13.9 Å². The lowest BCUT2D eigenvalue weighted by atomic mass is 10.1. The smallest absolute Gasteiger partial charge is 0.262 e. The van der Waals surface area contributed by atoms with E-state index in [1.807, 2.05) is 31.2 Å². The minimum absolute atomic E-state index is 0.0223. The van der Waals surface area contributed by atoms with E-state index < -0.39 is 0 Å². The number of nitrogens with one attached hydrogen (secondary N) is 1. The summed E-state index contributed by atoms with van der Waals surface area (Å²) in [7, 11) is 0. The molecule has 1 unspecified atom stereocenters. The quantitative estimate of drug-likeness (QED) is 0.862. The molecule has 0 saturated heterocycles. The van der Waals surface area contributed by atoms with Gasteiger partial charge in [-0.3, -0.25) is 4.79 Å². The van der Waals surface area contributed by atoms with Gasteiger partial charge in [0.1, 0.15) is 11.5 Å². The molecule has 19 heavy (non-hydrogen) atoms. The molecule has 1 amide bonds. The van der Waals surface area contributed by atoms with Gasteiger partial charge in [-0.1, -0.05) is 22.0 Å². The zero-order valence-electron chi connectivity index (χ0n) is 10.3. The lowest BCUT2D eigenvalue weighted by molar-refractivity contribution is -0.118. The lowest BCUT2D eigenvalue weighted by Crippen LogP contribution is -2.25. The Morgan fingerprint density at radius 3 is 2.89 bits per heavy atom. The second kappa shape index (κ2) is 4.74. The Morgan fingerprint density at radius 2 is 2.16 bits per heavy atom. The number of halogens is 1. The van der Waals surface area contributed by atoms with E-state index in [2.05, 4.69) is 21.2 Å². The van der Waals surface area contributed by atoms with Gasteiger partial charge in [-0.25, -0.2) is 0 Å². The van der Waals surface area contributed by atoms with Crippen molar-refractivity contribution in [3.63, 3.8) is 0 Å². The summed E-state index contributed by atoms with van der Waals surface area (Å²) < 4.78 is 10.6. The zero-order chi connectivity index (χ0) is 13.4. The van der Waals surface area contributed by atoms with Gasteiger partial charge in [0.25, 0.3) is 5.91 Å². The Hall–Kier alpha value is -1.75. The molecule has 1 aromatic heterocycles. The fourth-order valence-electron chi connectivity index (χ4n) is 2.05. The van der Waals surface area contributed by atoms with Crippen LogP contribution in [0.2, 0.25) is 0 Å². The van der Waals surface area contributed by atoms with Gasteiger partial charge >= 0.3 is 0 Å². The zero-order valence-corrected chi connectivity index (χ0v) is 11.9. The summed E-state index contributed by atoms with van der Waals surface area (Å²) in [6, 6.07) is 7.73. The topological polar surface area (TPSA) is 51.5 Å². The van der Waals surface area contributed by atoms with Crippen LogP contribution in [-0.2, 0) is 4.79 Å². The maximum absolute atomic E-state index is 11.3. The number of aryl methyl sites for hydroxylation is 1. The first-order chi connectivity index (χ1) is 9.13. The van der Waals surface area contributed by atoms with Gasteiger partial charge in [0.15, 0.2) is 6.61 Å². The van der Waals surface area contributed by atoms with E-state index in [1.54, 1.807) is 6.26 Å². The normalized spacial score (nSPS) is 15.4. The first-order valence-electron chi connectivity index (χ1n) is 5.89. The fraction of sp³-hybridized carbons (Fsp3) is 0.214. The summed E-state index contributed by atoms with van der Waals surface area (Å²) >= 11 is 3.64. The molecule has 0 saturated carbocycles. The van der Waals surface area contributed by atoms with E-state index in [1.165, 1.54) is 0 Å². The standard InChI is InChI=1S/C14H12BrNO3/c1-8-4-10(6-18-8)14(15)9-2-3-12-11(5-9)16-13(17)7-19-12/h2-6,14H,7H2,1H3,(H,16,17). The molecule has 1 atom stereocenters. The van der Waals surface area contributed by atoms with Crippen LogP contribution in [0.15, 0.2) is 34.9 Å². The highest BCUT2D eigenvalue weighted by atomic mass is 79.9. The second-order valence-corrected chi connectivity index (χ2v) is 5.36. The molecular formula is C14H12BrNO3. The Labute approximate surface area is 118 Å². The van der Waals surface area contributed by atoms with Crippen LogP contribution in [0.4, 0.5) is 5.69 Å². The van der Waals surface area contributed by atoms with Crippen molar-refractivity contribution >= 4 is 27.5 Å². The van der Waals surface area contributed by atoms with Gasteiger partial charge in [-0.05, 0) is 30.7 Å².